The number of carbonyl (C=O) groups is 1. The molecular formula is C16H25N3O2. The fraction of sp³-hybridized carbons (Fsp3) is 0.688. The van der Waals surface area contributed by atoms with Gasteiger partial charge in [-0.25, -0.2) is 0 Å². The molecule has 116 valence electrons. The number of amides is 1. The molecule has 3 rings (SSSR count). The lowest BCUT2D eigenvalue weighted by molar-refractivity contribution is 0.0563. The van der Waals surface area contributed by atoms with E-state index in [1.165, 1.54) is 0 Å². The third-order valence-corrected chi connectivity index (χ3v) is 4.85. The van der Waals surface area contributed by atoms with Gasteiger partial charge in [0.15, 0.2) is 0 Å². The Hall–Kier alpha value is -1.33. The van der Waals surface area contributed by atoms with E-state index in [9.17, 15) is 4.79 Å². The molecule has 1 amide bonds. The number of hydrogen-bond donors (Lipinski definition) is 1. The molecule has 2 saturated heterocycles. The molecule has 1 aromatic heterocycles. The molecule has 5 heteroatoms. The first kappa shape index (κ1) is 14.6. The highest BCUT2D eigenvalue weighted by Gasteiger charge is 2.32. The van der Waals surface area contributed by atoms with E-state index in [2.05, 4.69) is 9.88 Å². The van der Waals surface area contributed by atoms with Crippen LogP contribution < -0.4 is 5.32 Å². The first-order valence-corrected chi connectivity index (χ1v) is 7.95. The van der Waals surface area contributed by atoms with Crippen molar-refractivity contribution >= 4 is 5.91 Å². The molecule has 0 saturated carbocycles. The summed E-state index contributed by atoms with van der Waals surface area (Å²) in [6, 6.07) is 4.55. The van der Waals surface area contributed by atoms with Gasteiger partial charge in [-0.3, -0.25) is 4.79 Å². The van der Waals surface area contributed by atoms with E-state index in [0.29, 0.717) is 6.04 Å². The standard InChI is InChI=1S/C16H25N3O2/c1-12-14(7-11-21-12)18(2)16(20)15-4-3-10-19(15)13-5-8-17-9-6-13/h3-4,10,12-14,17H,5-9,11H2,1-2H3. The Morgan fingerprint density at radius 1 is 1.38 bits per heavy atom. The molecule has 5 nitrogen and oxygen atoms in total. The van der Waals surface area contributed by atoms with E-state index >= 15 is 0 Å². The second-order valence-corrected chi connectivity index (χ2v) is 6.13. The van der Waals surface area contributed by atoms with Crippen LogP contribution in [0.3, 0.4) is 0 Å². The van der Waals surface area contributed by atoms with E-state index < -0.39 is 0 Å². The Labute approximate surface area is 126 Å². The van der Waals surface area contributed by atoms with Crippen LogP contribution in [0.4, 0.5) is 0 Å². The Bertz CT molecular complexity index is 493. The summed E-state index contributed by atoms with van der Waals surface area (Å²) in [4.78, 5) is 14.7. The number of rotatable bonds is 3. The van der Waals surface area contributed by atoms with E-state index in [0.717, 1.165) is 44.7 Å². The number of nitrogens with zero attached hydrogens (tertiary/aromatic N) is 2. The average Bonchev–Trinajstić information content (AvgIpc) is 3.15. The normalized spacial score (nSPS) is 27.0. The molecule has 0 radical (unpaired) electrons. The second kappa shape index (κ2) is 6.20. The summed E-state index contributed by atoms with van der Waals surface area (Å²) in [5.41, 5.74) is 0.809. The molecule has 0 spiro atoms. The van der Waals surface area contributed by atoms with E-state index in [1.807, 2.05) is 37.2 Å². The Kier molecular flexibility index (Phi) is 4.31. The Balaban J connectivity index is 1.77. The van der Waals surface area contributed by atoms with E-state index in [1.54, 1.807) is 0 Å². The van der Waals surface area contributed by atoms with E-state index in [4.69, 9.17) is 4.74 Å². The van der Waals surface area contributed by atoms with Gasteiger partial charge >= 0.3 is 0 Å². The third kappa shape index (κ3) is 2.85. The van der Waals surface area contributed by atoms with Gasteiger partial charge in [0.05, 0.1) is 12.1 Å². The fourth-order valence-electron chi connectivity index (χ4n) is 3.54. The second-order valence-electron chi connectivity index (χ2n) is 6.13. The summed E-state index contributed by atoms with van der Waals surface area (Å²) in [6.45, 7) is 4.85. The van der Waals surface area contributed by atoms with Crippen molar-refractivity contribution in [2.45, 2.75) is 44.4 Å². The molecule has 21 heavy (non-hydrogen) atoms. The molecule has 2 atom stereocenters. The van der Waals surface area contributed by atoms with Gasteiger partial charge in [-0.1, -0.05) is 0 Å². The van der Waals surface area contributed by atoms with Crippen molar-refractivity contribution in [3.8, 4) is 0 Å². The minimum atomic E-state index is 0.112. The van der Waals surface area contributed by atoms with Crippen molar-refractivity contribution in [2.75, 3.05) is 26.7 Å². The topological polar surface area (TPSA) is 46.5 Å². The molecule has 0 aliphatic carbocycles. The van der Waals surface area contributed by atoms with Crippen LogP contribution >= 0.6 is 0 Å². The summed E-state index contributed by atoms with van der Waals surface area (Å²) >= 11 is 0. The van der Waals surface area contributed by atoms with Gasteiger partial charge < -0.3 is 19.5 Å². The van der Waals surface area contributed by atoms with Crippen LogP contribution in [-0.4, -0.2) is 54.3 Å². The van der Waals surface area contributed by atoms with Crippen molar-refractivity contribution in [2.24, 2.45) is 0 Å². The molecule has 0 aromatic carbocycles. The van der Waals surface area contributed by atoms with E-state index in [-0.39, 0.29) is 18.1 Å². The van der Waals surface area contributed by atoms with Gasteiger partial charge in [-0.2, -0.15) is 0 Å². The number of piperidine rings is 1. The minimum absolute atomic E-state index is 0.112. The molecule has 1 N–H and O–H groups in total. The van der Waals surface area contributed by atoms with Gasteiger partial charge in [0.2, 0.25) is 0 Å². The van der Waals surface area contributed by atoms with Gasteiger partial charge in [0.25, 0.3) is 5.91 Å². The maximum atomic E-state index is 12.8. The molecule has 2 fully saturated rings. The minimum Gasteiger partial charge on any atom is -0.376 e. The summed E-state index contributed by atoms with van der Waals surface area (Å²) in [5.74, 6) is 0.112. The van der Waals surface area contributed by atoms with Crippen molar-refractivity contribution in [1.29, 1.82) is 0 Å². The number of nitrogens with one attached hydrogen (secondary N) is 1. The summed E-state index contributed by atoms with van der Waals surface area (Å²) in [5, 5.41) is 3.37. The molecule has 2 aliphatic heterocycles. The predicted octanol–water partition coefficient (Wildman–Crippen LogP) is 1.66. The van der Waals surface area contributed by atoms with Gasteiger partial charge in [0.1, 0.15) is 5.69 Å². The fourth-order valence-corrected chi connectivity index (χ4v) is 3.54. The van der Waals surface area contributed by atoms with Crippen molar-refractivity contribution < 1.29 is 9.53 Å². The molecule has 0 bridgehead atoms. The molecule has 2 aliphatic rings. The number of likely N-dealkylation sites (N-methyl/N-ethyl adjacent to an activating group) is 1. The zero-order valence-electron chi connectivity index (χ0n) is 12.9. The monoisotopic (exact) mass is 291 g/mol. The molecule has 1 aromatic rings. The van der Waals surface area contributed by atoms with Crippen LogP contribution in [0.25, 0.3) is 0 Å². The molecule has 2 unspecified atom stereocenters. The van der Waals surface area contributed by atoms with Crippen molar-refractivity contribution in [3.63, 3.8) is 0 Å². The van der Waals surface area contributed by atoms with Crippen LogP contribution in [0.1, 0.15) is 42.7 Å². The lowest BCUT2D eigenvalue weighted by Crippen LogP contribution is -2.42. The highest BCUT2D eigenvalue weighted by Crippen LogP contribution is 2.24. The Morgan fingerprint density at radius 2 is 2.14 bits per heavy atom. The smallest absolute Gasteiger partial charge is 0.270 e. The maximum Gasteiger partial charge on any atom is 0.270 e. The average molecular weight is 291 g/mol. The van der Waals surface area contributed by atoms with Crippen molar-refractivity contribution in [3.05, 3.63) is 24.0 Å². The number of aromatic nitrogens is 1. The van der Waals surface area contributed by atoms with Gasteiger partial charge in [0, 0.05) is 25.9 Å². The van der Waals surface area contributed by atoms with Crippen LogP contribution in [0, 0.1) is 0 Å². The third-order valence-electron chi connectivity index (χ3n) is 4.85. The zero-order chi connectivity index (χ0) is 14.8. The summed E-state index contributed by atoms with van der Waals surface area (Å²) in [7, 11) is 1.90. The lowest BCUT2D eigenvalue weighted by Gasteiger charge is -2.30. The van der Waals surface area contributed by atoms with Gasteiger partial charge in [-0.15, -0.1) is 0 Å². The van der Waals surface area contributed by atoms with Crippen LogP contribution in [0.2, 0.25) is 0 Å². The summed E-state index contributed by atoms with van der Waals surface area (Å²) < 4.78 is 7.76. The number of hydrogen-bond acceptors (Lipinski definition) is 3. The highest BCUT2D eigenvalue weighted by atomic mass is 16.5. The Morgan fingerprint density at radius 3 is 2.81 bits per heavy atom. The first-order chi connectivity index (χ1) is 10.2. The molecule has 3 heterocycles. The number of ether oxygens (including phenoxy) is 1. The largest absolute Gasteiger partial charge is 0.376 e. The highest BCUT2D eigenvalue weighted by molar-refractivity contribution is 5.93. The van der Waals surface area contributed by atoms with Crippen molar-refractivity contribution in [1.82, 2.24) is 14.8 Å². The zero-order valence-corrected chi connectivity index (χ0v) is 12.9. The molecular weight excluding hydrogens is 266 g/mol. The van der Waals surface area contributed by atoms with Crippen LogP contribution in [0.15, 0.2) is 18.3 Å². The number of carbonyl (C=O) groups excluding carboxylic acids is 1. The van der Waals surface area contributed by atoms with Gasteiger partial charge in [-0.05, 0) is 51.4 Å². The van der Waals surface area contributed by atoms with Crippen LogP contribution in [-0.2, 0) is 4.74 Å². The predicted molar refractivity (Wildman–Crippen MR) is 81.5 cm³/mol. The maximum absolute atomic E-state index is 12.8. The first-order valence-electron chi connectivity index (χ1n) is 7.95. The quantitative estimate of drug-likeness (QED) is 0.921. The van der Waals surface area contributed by atoms with Crippen LogP contribution in [0.5, 0.6) is 0 Å². The summed E-state index contributed by atoms with van der Waals surface area (Å²) in [6.07, 6.45) is 5.27. The SMILES string of the molecule is CC1OCCC1N(C)C(=O)c1cccn1C1CCNCC1. The lowest BCUT2D eigenvalue weighted by atomic mass is 10.1.